The molecule has 0 aliphatic heterocycles. The summed E-state index contributed by atoms with van der Waals surface area (Å²) in [6.45, 7) is 0. The third kappa shape index (κ3) is 2.70. The Morgan fingerprint density at radius 3 is 2.40 bits per heavy atom. The Bertz CT molecular complexity index is 343. The van der Waals surface area contributed by atoms with Gasteiger partial charge in [0.25, 0.3) is 0 Å². The summed E-state index contributed by atoms with van der Waals surface area (Å²) in [6, 6.07) is 2.92. The molecule has 84 valence electrons. The Labute approximate surface area is 105 Å². The van der Waals surface area contributed by atoms with Gasteiger partial charge in [-0.3, -0.25) is 0 Å². The van der Waals surface area contributed by atoms with E-state index in [1.165, 1.54) is 6.07 Å². The minimum Gasteiger partial charge on any atom is -0.508 e. The van der Waals surface area contributed by atoms with Crippen LogP contribution in [-0.4, -0.2) is 5.11 Å². The molecular weight excluding hydrogens is 256 g/mol. The zero-order chi connectivity index (χ0) is 10.3. The summed E-state index contributed by atoms with van der Waals surface area (Å²) in [5.41, 5.74) is 6.59. The van der Waals surface area contributed by atoms with E-state index in [4.69, 9.17) is 28.9 Å². The summed E-state index contributed by atoms with van der Waals surface area (Å²) < 4.78 is 0. The van der Waals surface area contributed by atoms with Crippen molar-refractivity contribution in [3.8, 4) is 5.75 Å². The standard InChI is InChI=1S/C10H11Cl2NO.ClH/c11-6-3-7(12)9(8(14)4-6)10(13)5-1-2-5;/h3-5,10,14H,1-2,13H2;1H/t10-;/m0./s1. The highest BCUT2D eigenvalue weighted by atomic mass is 35.5. The van der Waals surface area contributed by atoms with Crippen molar-refractivity contribution in [1.82, 2.24) is 0 Å². The van der Waals surface area contributed by atoms with Gasteiger partial charge in [0.15, 0.2) is 0 Å². The quantitative estimate of drug-likeness (QED) is 0.862. The van der Waals surface area contributed by atoms with Gasteiger partial charge in [-0.15, -0.1) is 12.4 Å². The molecule has 0 saturated heterocycles. The first-order valence-corrected chi connectivity index (χ1v) is 5.28. The van der Waals surface area contributed by atoms with Gasteiger partial charge in [-0.1, -0.05) is 23.2 Å². The van der Waals surface area contributed by atoms with Crippen LogP contribution >= 0.6 is 35.6 Å². The fourth-order valence-electron chi connectivity index (χ4n) is 1.59. The molecule has 0 bridgehead atoms. The SMILES string of the molecule is Cl.N[C@H](c1c(O)cc(Cl)cc1Cl)C1CC1. The average molecular weight is 269 g/mol. The van der Waals surface area contributed by atoms with E-state index in [9.17, 15) is 5.11 Å². The van der Waals surface area contributed by atoms with Crippen molar-refractivity contribution >= 4 is 35.6 Å². The van der Waals surface area contributed by atoms with E-state index in [-0.39, 0.29) is 24.2 Å². The van der Waals surface area contributed by atoms with E-state index in [0.29, 0.717) is 21.5 Å². The zero-order valence-electron chi connectivity index (χ0n) is 7.91. The summed E-state index contributed by atoms with van der Waals surface area (Å²) in [5, 5.41) is 10.6. The fourth-order valence-corrected chi connectivity index (χ4v) is 2.20. The lowest BCUT2D eigenvalue weighted by Gasteiger charge is -2.14. The van der Waals surface area contributed by atoms with Crippen LogP contribution < -0.4 is 5.73 Å². The molecule has 0 spiro atoms. The zero-order valence-corrected chi connectivity index (χ0v) is 10.2. The highest BCUT2D eigenvalue weighted by molar-refractivity contribution is 6.35. The van der Waals surface area contributed by atoms with Crippen LogP contribution in [0.3, 0.4) is 0 Å². The number of hydrogen-bond donors (Lipinski definition) is 2. The van der Waals surface area contributed by atoms with Gasteiger partial charge in [0, 0.05) is 16.6 Å². The van der Waals surface area contributed by atoms with Gasteiger partial charge in [-0.25, -0.2) is 0 Å². The van der Waals surface area contributed by atoms with Crippen molar-refractivity contribution in [2.75, 3.05) is 0 Å². The number of hydrogen-bond acceptors (Lipinski definition) is 2. The first kappa shape index (κ1) is 12.9. The van der Waals surface area contributed by atoms with Crippen LogP contribution in [-0.2, 0) is 0 Å². The Morgan fingerprint density at radius 1 is 1.33 bits per heavy atom. The molecule has 1 aliphatic rings. The lowest BCUT2D eigenvalue weighted by Crippen LogP contribution is -2.13. The molecule has 0 heterocycles. The van der Waals surface area contributed by atoms with E-state index < -0.39 is 0 Å². The predicted octanol–water partition coefficient (Wildman–Crippen LogP) is 3.53. The van der Waals surface area contributed by atoms with E-state index in [2.05, 4.69) is 0 Å². The topological polar surface area (TPSA) is 46.2 Å². The maximum absolute atomic E-state index is 9.67. The summed E-state index contributed by atoms with van der Waals surface area (Å²) in [4.78, 5) is 0. The van der Waals surface area contributed by atoms with Gasteiger partial charge in [0.1, 0.15) is 5.75 Å². The van der Waals surface area contributed by atoms with Crippen LogP contribution in [0.25, 0.3) is 0 Å². The van der Waals surface area contributed by atoms with Gasteiger partial charge in [-0.2, -0.15) is 0 Å². The normalized spacial score (nSPS) is 17.0. The van der Waals surface area contributed by atoms with Gasteiger partial charge in [-0.05, 0) is 30.9 Å². The summed E-state index contributed by atoms with van der Waals surface area (Å²) in [7, 11) is 0. The average Bonchev–Trinajstić information content (AvgIpc) is 2.83. The van der Waals surface area contributed by atoms with Crippen molar-refractivity contribution < 1.29 is 5.11 Å². The number of aromatic hydroxyl groups is 1. The van der Waals surface area contributed by atoms with Crippen LogP contribution in [0.4, 0.5) is 0 Å². The molecule has 1 aliphatic carbocycles. The van der Waals surface area contributed by atoms with Crippen LogP contribution in [0, 0.1) is 5.92 Å². The minimum atomic E-state index is -0.167. The summed E-state index contributed by atoms with van der Waals surface area (Å²) in [6.07, 6.45) is 2.22. The van der Waals surface area contributed by atoms with E-state index in [1.807, 2.05) is 0 Å². The van der Waals surface area contributed by atoms with Gasteiger partial charge in [0.05, 0.1) is 5.02 Å². The third-order valence-electron chi connectivity index (χ3n) is 2.54. The second-order valence-electron chi connectivity index (χ2n) is 3.68. The van der Waals surface area contributed by atoms with Gasteiger partial charge in [0.2, 0.25) is 0 Å². The molecule has 0 amide bonds. The Kier molecular flexibility index (Phi) is 4.13. The lowest BCUT2D eigenvalue weighted by atomic mass is 10.0. The Morgan fingerprint density at radius 2 is 1.93 bits per heavy atom. The number of rotatable bonds is 2. The Hall–Kier alpha value is -0.150. The number of phenolic OH excluding ortho intramolecular Hbond substituents is 1. The molecular formula is C10H12Cl3NO. The van der Waals surface area contributed by atoms with E-state index in [1.54, 1.807) is 6.07 Å². The molecule has 1 aromatic carbocycles. The molecule has 1 saturated carbocycles. The minimum absolute atomic E-state index is 0. The molecule has 1 fully saturated rings. The smallest absolute Gasteiger partial charge is 0.123 e. The summed E-state index contributed by atoms with van der Waals surface area (Å²) in [5.74, 6) is 0.557. The predicted molar refractivity (Wildman–Crippen MR) is 65.0 cm³/mol. The number of benzene rings is 1. The van der Waals surface area contributed by atoms with Crippen LogP contribution in [0.5, 0.6) is 5.75 Å². The highest BCUT2D eigenvalue weighted by Crippen LogP contribution is 2.45. The number of phenols is 1. The van der Waals surface area contributed by atoms with Crippen molar-refractivity contribution in [3.05, 3.63) is 27.7 Å². The monoisotopic (exact) mass is 267 g/mol. The van der Waals surface area contributed by atoms with Crippen LogP contribution in [0.1, 0.15) is 24.4 Å². The van der Waals surface area contributed by atoms with Crippen molar-refractivity contribution in [3.63, 3.8) is 0 Å². The first-order valence-electron chi connectivity index (χ1n) is 4.53. The van der Waals surface area contributed by atoms with Gasteiger partial charge < -0.3 is 10.8 Å². The molecule has 1 aromatic rings. The van der Waals surface area contributed by atoms with Crippen molar-refractivity contribution in [2.24, 2.45) is 11.7 Å². The second-order valence-corrected chi connectivity index (χ2v) is 4.53. The van der Waals surface area contributed by atoms with Crippen LogP contribution in [0.2, 0.25) is 10.0 Å². The number of nitrogens with two attached hydrogens (primary N) is 1. The van der Waals surface area contributed by atoms with Gasteiger partial charge >= 0.3 is 0 Å². The molecule has 5 heteroatoms. The largest absolute Gasteiger partial charge is 0.508 e. The second kappa shape index (κ2) is 4.79. The molecule has 15 heavy (non-hydrogen) atoms. The Balaban J connectivity index is 0.00000112. The molecule has 1 atom stereocenters. The maximum atomic E-state index is 9.67. The molecule has 3 N–H and O–H groups in total. The fraction of sp³-hybridized carbons (Fsp3) is 0.400. The van der Waals surface area contributed by atoms with E-state index in [0.717, 1.165) is 12.8 Å². The first-order chi connectivity index (χ1) is 6.59. The van der Waals surface area contributed by atoms with Crippen LogP contribution in [0.15, 0.2) is 12.1 Å². The van der Waals surface area contributed by atoms with E-state index >= 15 is 0 Å². The number of halogens is 3. The lowest BCUT2D eigenvalue weighted by molar-refractivity contribution is 0.456. The molecule has 2 rings (SSSR count). The van der Waals surface area contributed by atoms with Crippen molar-refractivity contribution in [1.29, 1.82) is 0 Å². The third-order valence-corrected chi connectivity index (χ3v) is 3.07. The molecule has 0 aromatic heterocycles. The maximum Gasteiger partial charge on any atom is 0.123 e. The highest BCUT2D eigenvalue weighted by Gasteiger charge is 2.32. The molecule has 2 nitrogen and oxygen atoms in total. The molecule has 0 unspecified atom stereocenters. The molecule has 0 radical (unpaired) electrons. The van der Waals surface area contributed by atoms with Crippen molar-refractivity contribution in [2.45, 2.75) is 18.9 Å². The summed E-state index contributed by atoms with van der Waals surface area (Å²) >= 11 is 11.7.